The monoisotopic (exact) mass is 671 g/mol. The molecular weight excluding hydrogens is 614 g/mol. The summed E-state index contributed by atoms with van der Waals surface area (Å²) >= 11 is 0. The van der Waals surface area contributed by atoms with E-state index in [4.69, 9.17) is 16.6 Å². The molecule has 0 bridgehead atoms. The normalized spacial score (nSPS) is 14.4. The van der Waals surface area contributed by atoms with Gasteiger partial charge in [0.1, 0.15) is 30.7 Å². The lowest BCUT2D eigenvalue weighted by Crippen LogP contribution is -2.59. The number of amides is 5. The Bertz CT molecular complexity index is 1050. The Morgan fingerprint density at radius 3 is 1.40 bits per heavy atom. The van der Waals surface area contributed by atoms with Gasteiger partial charge in [0.05, 0.1) is 6.04 Å². The number of unbranched alkanes of at least 4 members (excludes halogenated alkanes) is 1. The molecule has 0 aliphatic heterocycles. The molecule has 0 fully saturated rings. The number of carboxylic acid groups (broad SMARTS) is 2. The fourth-order valence-corrected chi connectivity index (χ4v) is 4.70. The first-order valence-electron chi connectivity index (χ1n) is 16.3. The summed E-state index contributed by atoms with van der Waals surface area (Å²) in [5.41, 5.74) is 11.5. The molecule has 0 radical (unpaired) electrons. The average molecular weight is 672 g/mol. The van der Waals surface area contributed by atoms with Crippen LogP contribution in [-0.2, 0) is 33.6 Å². The quantitative estimate of drug-likeness (QED) is 0.0595. The highest BCUT2D eigenvalue weighted by Gasteiger charge is 2.32. The standard InChI is InChI=1S/C31H57N7O9/c1-17(2)13-20(33)27(43)35-22(10-11-25(39)40)29(45)37-24(15-19(5)6)31(47)38-23(14-18(3)4)30(46)36-21(9-7-8-12-32)28(44)34-16-26(41)42/h17-24H,7-16,32-33H2,1-6H3,(H,34,44)(H,35,43)(H,36,46)(H,37,45)(H,38,47)(H,39,40)(H,41,42)/t20-,21-,22-,23-,24-/m0/s1. The molecule has 5 atom stereocenters. The molecule has 0 unspecified atom stereocenters. The molecule has 270 valence electrons. The lowest BCUT2D eigenvalue weighted by atomic mass is 9.99. The van der Waals surface area contributed by atoms with Crippen LogP contribution in [0.4, 0.5) is 0 Å². The molecule has 0 aliphatic carbocycles. The number of nitrogens with one attached hydrogen (secondary N) is 5. The van der Waals surface area contributed by atoms with Crippen molar-refractivity contribution >= 4 is 41.5 Å². The van der Waals surface area contributed by atoms with Crippen LogP contribution in [0.5, 0.6) is 0 Å². The number of hydrogen-bond donors (Lipinski definition) is 9. The van der Waals surface area contributed by atoms with Crippen molar-refractivity contribution < 1.29 is 43.8 Å². The molecule has 11 N–H and O–H groups in total. The summed E-state index contributed by atoms with van der Waals surface area (Å²) in [6.45, 7) is 10.8. The topological polar surface area (TPSA) is 272 Å². The molecule has 0 aromatic carbocycles. The second-order valence-electron chi connectivity index (χ2n) is 13.1. The van der Waals surface area contributed by atoms with Gasteiger partial charge in [-0.3, -0.25) is 33.6 Å². The van der Waals surface area contributed by atoms with Crippen molar-refractivity contribution in [2.45, 2.75) is 123 Å². The number of carbonyl (C=O) groups is 7. The van der Waals surface area contributed by atoms with Crippen LogP contribution in [0.15, 0.2) is 0 Å². The molecular formula is C31H57N7O9. The number of aliphatic carboxylic acids is 2. The van der Waals surface area contributed by atoms with Crippen molar-refractivity contribution in [2.75, 3.05) is 13.1 Å². The van der Waals surface area contributed by atoms with Gasteiger partial charge in [0, 0.05) is 6.42 Å². The first-order chi connectivity index (χ1) is 21.9. The molecule has 0 heterocycles. The molecule has 0 saturated heterocycles. The molecule has 0 rings (SSSR count). The summed E-state index contributed by atoms with van der Waals surface area (Å²) in [5.74, 6) is -5.98. The van der Waals surface area contributed by atoms with Crippen LogP contribution >= 0.6 is 0 Å². The molecule has 0 saturated carbocycles. The van der Waals surface area contributed by atoms with Gasteiger partial charge >= 0.3 is 11.9 Å². The number of hydrogen-bond acceptors (Lipinski definition) is 9. The highest BCUT2D eigenvalue weighted by Crippen LogP contribution is 2.12. The van der Waals surface area contributed by atoms with Crippen LogP contribution in [-0.4, -0.2) is 95.0 Å². The van der Waals surface area contributed by atoms with Crippen molar-refractivity contribution in [1.82, 2.24) is 26.6 Å². The minimum absolute atomic E-state index is 0.0774. The Balaban J connectivity index is 6.03. The van der Waals surface area contributed by atoms with E-state index < -0.39 is 84.6 Å². The lowest BCUT2D eigenvalue weighted by molar-refractivity contribution is -0.139. The summed E-state index contributed by atoms with van der Waals surface area (Å²) < 4.78 is 0. The Morgan fingerprint density at radius 1 is 0.553 bits per heavy atom. The van der Waals surface area contributed by atoms with E-state index in [1.165, 1.54) is 0 Å². The van der Waals surface area contributed by atoms with Crippen LogP contribution in [0.1, 0.15) is 92.9 Å². The van der Waals surface area contributed by atoms with Crippen LogP contribution in [0.3, 0.4) is 0 Å². The van der Waals surface area contributed by atoms with Gasteiger partial charge in [0.2, 0.25) is 29.5 Å². The smallest absolute Gasteiger partial charge is 0.322 e. The molecule has 0 aromatic rings. The van der Waals surface area contributed by atoms with Crippen molar-refractivity contribution in [3.63, 3.8) is 0 Å². The Labute approximate surface area is 277 Å². The third-order valence-corrected chi connectivity index (χ3v) is 7.02. The summed E-state index contributed by atoms with van der Waals surface area (Å²) in [7, 11) is 0. The second-order valence-corrected chi connectivity index (χ2v) is 13.1. The minimum Gasteiger partial charge on any atom is -0.481 e. The van der Waals surface area contributed by atoms with Crippen LogP contribution in [0.2, 0.25) is 0 Å². The largest absolute Gasteiger partial charge is 0.481 e. The van der Waals surface area contributed by atoms with Gasteiger partial charge in [-0.25, -0.2) is 0 Å². The van der Waals surface area contributed by atoms with E-state index in [1.54, 1.807) is 0 Å². The fraction of sp³-hybridized carbons (Fsp3) is 0.774. The van der Waals surface area contributed by atoms with Gasteiger partial charge in [-0.1, -0.05) is 41.5 Å². The van der Waals surface area contributed by atoms with Gasteiger partial charge in [0.15, 0.2) is 0 Å². The zero-order chi connectivity index (χ0) is 36.3. The lowest BCUT2D eigenvalue weighted by Gasteiger charge is -2.28. The first kappa shape index (κ1) is 43.2. The average Bonchev–Trinajstić information content (AvgIpc) is 2.95. The molecule has 5 amide bonds. The zero-order valence-corrected chi connectivity index (χ0v) is 28.6. The van der Waals surface area contributed by atoms with E-state index >= 15 is 0 Å². The maximum Gasteiger partial charge on any atom is 0.322 e. The van der Waals surface area contributed by atoms with Crippen LogP contribution < -0.4 is 38.1 Å². The van der Waals surface area contributed by atoms with Crippen molar-refractivity contribution in [2.24, 2.45) is 29.2 Å². The van der Waals surface area contributed by atoms with Crippen molar-refractivity contribution in [1.29, 1.82) is 0 Å². The molecule has 47 heavy (non-hydrogen) atoms. The van der Waals surface area contributed by atoms with Crippen molar-refractivity contribution in [3.05, 3.63) is 0 Å². The highest BCUT2D eigenvalue weighted by molar-refractivity contribution is 5.96. The third kappa shape index (κ3) is 19.5. The van der Waals surface area contributed by atoms with E-state index in [-0.39, 0.29) is 43.4 Å². The molecule has 16 heteroatoms. The number of rotatable bonds is 24. The second kappa shape index (κ2) is 22.7. The van der Waals surface area contributed by atoms with E-state index in [0.717, 1.165) is 0 Å². The fourth-order valence-electron chi connectivity index (χ4n) is 4.70. The summed E-state index contributed by atoms with van der Waals surface area (Å²) in [5, 5.41) is 30.8. The summed E-state index contributed by atoms with van der Waals surface area (Å²) in [6.07, 6.45) is 1.23. The predicted octanol–water partition coefficient (Wildman–Crippen LogP) is -0.414. The van der Waals surface area contributed by atoms with E-state index in [9.17, 15) is 38.7 Å². The van der Waals surface area contributed by atoms with E-state index in [1.807, 2.05) is 41.5 Å². The van der Waals surface area contributed by atoms with Gasteiger partial charge < -0.3 is 48.3 Å². The Hall–Kier alpha value is -3.79. The first-order valence-corrected chi connectivity index (χ1v) is 16.3. The van der Waals surface area contributed by atoms with E-state index in [2.05, 4.69) is 26.6 Å². The molecule has 0 spiro atoms. The van der Waals surface area contributed by atoms with Gasteiger partial charge in [0.25, 0.3) is 0 Å². The van der Waals surface area contributed by atoms with Crippen LogP contribution in [0.25, 0.3) is 0 Å². The molecule has 0 aromatic heterocycles. The SMILES string of the molecule is CC(C)C[C@H](NC(=O)[C@H](CC(C)C)NC(=O)[C@H](CCC(=O)O)NC(=O)[C@@H](N)CC(C)C)C(=O)N[C@@H](CCCCN)C(=O)NCC(=O)O. The Morgan fingerprint density at radius 2 is 0.979 bits per heavy atom. The van der Waals surface area contributed by atoms with Crippen LogP contribution in [0, 0.1) is 17.8 Å². The molecule has 16 nitrogen and oxygen atoms in total. The van der Waals surface area contributed by atoms with Gasteiger partial charge in [-0.2, -0.15) is 0 Å². The maximum atomic E-state index is 13.6. The van der Waals surface area contributed by atoms with Crippen molar-refractivity contribution in [3.8, 4) is 0 Å². The highest BCUT2D eigenvalue weighted by atomic mass is 16.4. The number of nitrogens with two attached hydrogens (primary N) is 2. The van der Waals surface area contributed by atoms with E-state index in [0.29, 0.717) is 25.8 Å². The van der Waals surface area contributed by atoms with Gasteiger partial charge in [-0.05, 0) is 69.2 Å². The maximum absolute atomic E-state index is 13.6. The molecule has 0 aliphatic rings. The summed E-state index contributed by atoms with van der Waals surface area (Å²) in [6, 6.07) is -5.56. The summed E-state index contributed by atoms with van der Waals surface area (Å²) in [4.78, 5) is 88.0. The minimum atomic E-state index is -1.28. The number of carbonyl (C=O) groups excluding carboxylic acids is 5. The predicted molar refractivity (Wildman–Crippen MR) is 174 cm³/mol. The Kier molecular flexibility index (Phi) is 20.9. The zero-order valence-electron chi connectivity index (χ0n) is 28.6. The third-order valence-electron chi connectivity index (χ3n) is 7.02. The van der Waals surface area contributed by atoms with Gasteiger partial charge in [-0.15, -0.1) is 0 Å². The number of carboxylic acids is 2.